The molecule has 90 valence electrons. The third kappa shape index (κ3) is 2.99. The van der Waals surface area contributed by atoms with Crippen LogP contribution in [0.15, 0.2) is 18.2 Å². The molecule has 0 aromatic heterocycles. The Morgan fingerprint density at radius 3 is 2.56 bits per heavy atom. The van der Waals surface area contributed by atoms with Gasteiger partial charge in [0.15, 0.2) is 0 Å². The lowest BCUT2D eigenvalue weighted by molar-refractivity contribution is 0.588. The van der Waals surface area contributed by atoms with Crippen molar-refractivity contribution in [1.82, 2.24) is 5.32 Å². The van der Waals surface area contributed by atoms with Crippen molar-refractivity contribution in [3.8, 4) is 0 Å². The highest BCUT2D eigenvalue weighted by atomic mass is 35.5. The smallest absolute Gasteiger partial charge is 0.0208 e. The molecule has 2 rings (SSSR count). The van der Waals surface area contributed by atoms with Gasteiger partial charge in [0, 0.05) is 6.54 Å². The van der Waals surface area contributed by atoms with Crippen LogP contribution in [0.1, 0.15) is 43.9 Å². The van der Waals surface area contributed by atoms with Crippen LogP contribution in [0, 0.1) is 0 Å². The van der Waals surface area contributed by atoms with E-state index in [9.17, 15) is 0 Å². The second-order valence-corrected chi connectivity index (χ2v) is 5.51. The molecule has 0 saturated carbocycles. The van der Waals surface area contributed by atoms with Gasteiger partial charge in [0.25, 0.3) is 0 Å². The molecule has 2 heteroatoms. The Kier molecular flexibility index (Phi) is 4.40. The van der Waals surface area contributed by atoms with Gasteiger partial charge in [-0.1, -0.05) is 39.0 Å². The van der Waals surface area contributed by atoms with E-state index in [-0.39, 0.29) is 17.8 Å². The van der Waals surface area contributed by atoms with E-state index in [4.69, 9.17) is 0 Å². The number of hydrogen-bond acceptors (Lipinski definition) is 1. The zero-order valence-electron chi connectivity index (χ0n) is 10.5. The Balaban J connectivity index is 0.00000128. The van der Waals surface area contributed by atoms with E-state index in [0.717, 1.165) is 13.1 Å². The molecule has 1 aliphatic rings. The predicted octanol–water partition coefficient (Wildman–Crippen LogP) is 3.44. The van der Waals surface area contributed by atoms with Crippen LogP contribution in [0.4, 0.5) is 0 Å². The fourth-order valence-corrected chi connectivity index (χ4v) is 2.13. The van der Waals surface area contributed by atoms with Crippen LogP contribution in [0.2, 0.25) is 0 Å². The van der Waals surface area contributed by atoms with Gasteiger partial charge >= 0.3 is 0 Å². The molecule has 1 aliphatic heterocycles. The molecule has 1 nitrogen and oxygen atoms in total. The van der Waals surface area contributed by atoms with Crippen LogP contribution in [-0.4, -0.2) is 6.54 Å². The van der Waals surface area contributed by atoms with Gasteiger partial charge in [0.1, 0.15) is 0 Å². The maximum atomic E-state index is 3.48. The molecule has 0 radical (unpaired) electrons. The van der Waals surface area contributed by atoms with Crippen LogP contribution in [0.5, 0.6) is 0 Å². The summed E-state index contributed by atoms with van der Waals surface area (Å²) in [5.74, 6) is 0. The van der Waals surface area contributed by atoms with Crippen LogP contribution in [0.3, 0.4) is 0 Å². The third-order valence-corrected chi connectivity index (χ3v) is 3.19. The number of nitrogens with one attached hydrogen (secondary N) is 1. The molecule has 0 amide bonds. The highest BCUT2D eigenvalue weighted by Gasteiger charge is 2.16. The Morgan fingerprint density at radius 1 is 1.12 bits per heavy atom. The molecular formula is C14H22ClN. The van der Waals surface area contributed by atoms with Crippen LogP contribution >= 0.6 is 12.4 Å². The summed E-state index contributed by atoms with van der Waals surface area (Å²) < 4.78 is 0. The van der Waals surface area contributed by atoms with Gasteiger partial charge in [0.05, 0.1) is 0 Å². The summed E-state index contributed by atoms with van der Waals surface area (Å²) in [6.07, 6.45) is 2.49. The van der Waals surface area contributed by atoms with E-state index in [1.165, 1.54) is 29.5 Å². The van der Waals surface area contributed by atoms with Crippen molar-refractivity contribution in [2.45, 2.75) is 45.6 Å². The molecule has 1 aromatic rings. The predicted molar refractivity (Wildman–Crippen MR) is 72.4 cm³/mol. The Morgan fingerprint density at radius 2 is 1.88 bits per heavy atom. The van der Waals surface area contributed by atoms with Crippen molar-refractivity contribution in [2.24, 2.45) is 0 Å². The maximum Gasteiger partial charge on any atom is 0.0208 e. The maximum absolute atomic E-state index is 3.48. The first-order valence-corrected chi connectivity index (χ1v) is 5.90. The Labute approximate surface area is 105 Å². The van der Waals surface area contributed by atoms with E-state index in [1.807, 2.05) is 0 Å². The highest BCUT2D eigenvalue weighted by Crippen LogP contribution is 2.25. The molecular weight excluding hydrogens is 218 g/mol. The number of halogens is 1. The van der Waals surface area contributed by atoms with E-state index in [2.05, 4.69) is 44.3 Å². The molecule has 0 aliphatic carbocycles. The lowest BCUT2D eigenvalue weighted by Gasteiger charge is -2.21. The number of aryl methyl sites for hydroxylation is 1. The minimum Gasteiger partial charge on any atom is -0.313 e. The lowest BCUT2D eigenvalue weighted by atomic mass is 9.85. The first-order valence-electron chi connectivity index (χ1n) is 5.90. The van der Waals surface area contributed by atoms with Gasteiger partial charge in [-0.3, -0.25) is 0 Å². The first-order chi connectivity index (χ1) is 7.07. The molecule has 0 atom stereocenters. The lowest BCUT2D eigenvalue weighted by Crippen LogP contribution is -2.14. The fourth-order valence-electron chi connectivity index (χ4n) is 2.13. The molecule has 1 heterocycles. The first kappa shape index (κ1) is 13.5. The summed E-state index contributed by atoms with van der Waals surface area (Å²) in [4.78, 5) is 0. The van der Waals surface area contributed by atoms with Gasteiger partial charge in [-0.25, -0.2) is 0 Å². The summed E-state index contributed by atoms with van der Waals surface area (Å²) in [6.45, 7) is 9.02. The minimum atomic E-state index is 0. The Hall–Kier alpha value is -0.530. The average Bonchev–Trinajstić information content (AvgIpc) is 2.39. The quantitative estimate of drug-likeness (QED) is 0.732. The van der Waals surface area contributed by atoms with Crippen LogP contribution in [0.25, 0.3) is 0 Å². The standard InChI is InChI=1S/C14H21N.ClH/c1-14(2,3)13-7-6-11-5-4-8-15-10-12(11)9-13;/h6-7,9,15H,4-5,8,10H2,1-3H3;1H. The molecule has 0 unspecified atom stereocenters. The SMILES string of the molecule is CC(C)(C)c1ccc2c(c1)CNCCC2.Cl. The molecule has 0 fully saturated rings. The van der Waals surface area contributed by atoms with E-state index >= 15 is 0 Å². The van der Waals surface area contributed by atoms with Crippen molar-refractivity contribution in [3.05, 3.63) is 34.9 Å². The summed E-state index contributed by atoms with van der Waals surface area (Å²) in [5, 5.41) is 3.48. The number of benzene rings is 1. The number of hydrogen-bond donors (Lipinski definition) is 1. The normalized spacial score (nSPS) is 15.9. The highest BCUT2D eigenvalue weighted by molar-refractivity contribution is 5.85. The second-order valence-electron chi connectivity index (χ2n) is 5.51. The molecule has 0 bridgehead atoms. The van der Waals surface area contributed by atoms with E-state index in [1.54, 1.807) is 0 Å². The van der Waals surface area contributed by atoms with E-state index < -0.39 is 0 Å². The third-order valence-electron chi connectivity index (χ3n) is 3.19. The monoisotopic (exact) mass is 239 g/mol. The zero-order valence-corrected chi connectivity index (χ0v) is 11.3. The summed E-state index contributed by atoms with van der Waals surface area (Å²) >= 11 is 0. The number of rotatable bonds is 0. The molecule has 0 spiro atoms. The zero-order chi connectivity index (χ0) is 10.9. The molecule has 1 N–H and O–H groups in total. The van der Waals surface area contributed by atoms with Crippen molar-refractivity contribution >= 4 is 12.4 Å². The summed E-state index contributed by atoms with van der Waals surface area (Å²) in [6, 6.07) is 7.00. The largest absolute Gasteiger partial charge is 0.313 e. The summed E-state index contributed by atoms with van der Waals surface area (Å²) in [5.41, 5.74) is 4.75. The van der Waals surface area contributed by atoms with Crippen LogP contribution < -0.4 is 5.32 Å². The topological polar surface area (TPSA) is 12.0 Å². The van der Waals surface area contributed by atoms with Gasteiger partial charge in [-0.05, 0) is 41.5 Å². The van der Waals surface area contributed by atoms with Crippen molar-refractivity contribution < 1.29 is 0 Å². The minimum absolute atomic E-state index is 0. The molecule has 16 heavy (non-hydrogen) atoms. The fraction of sp³-hybridized carbons (Fsp3) is 0.571. The molecule has 1 aromatic carbocycles. The van der Waals surface area contributed by atoms with Gasteiger partial charge in [-0.15, -0.1) is 12.4 Å². The van der Waals surface area contributed by atoms with Crippen molar-refractivity contribution in [3.63, 3.8) is 0 Å². The number of fused-ring (bicyclic) bond motifs is 1. The second kappa shape index (κ2) is 5.20. The Bertz CT molecular complexity index is 352. The molecule has 0 saturated heterocycles. The van der Waals surface area contributed by atoms with Gasteiger partial charge < -0.3 is 5.32 Å². The van der Waals surface area contributed by atoms with Crippen molar-refractivity contribution in [2.75, 3.05) is 6.54 Å². The van der Waals surface area contributed by atoms with E-state index in [0.29, 0.717) is 0 Å². The summed E-state index contributed by atoms with van der Waals surface area (Å²) in [7, 11) is 0. The van der Waals surface area contributed by atoms with Gasteiger partial charge in [0.2, 0.25) is 0 Å². The van der Waals surface area contributed by atoms with Crippen molar-refractivity contribution in [1.29, 1.82) is 0 Å². The van der Waals surface area contributed by atoms with Crippen LogP contribution in [-0.2, 0) is 18.4 Å². The average molecular weight is 240 g/mol. The van der Waals surface area contributed by atoms with Gasteiger partial charge in [-0.2, -0.15) is 0 Å².